The number of phosphoric acid groups is 3. The maximum atomic E-state index is 12.6. The van der Waals surface area contributed by atoms with Crippen LogP contribution in [0.1, 0.15) is 32.9 Å². The summed E-state index contributed by atoms with van der Waals surface area (Å²) in [5.74, 6) is -3.09. The van der Waals surface area contributed by atoms with Gasteiger partial charge in [-0.25, -0.2) is 28.6 Å². The van der Waals surface area contributed by atoms with Gasteiger partial charge in [-0.3, -0.25) is 32.5 Å². The van der Waals surface area contributed by atoms with E-state index in [1.165, 1.54) is 13.8 Å². The molecule has 0 aromatic carbocycles. The molecule has 2 aromatic heterocycles. The number of nitrogens with two attached hydrogens (primary N) is 1. The molecule has 54 heavy (non-hydrogen) atoms. The lowest BCUT2D eigenvalue weighted by molar-refractivity contribution is -0.304. The third kappa shape index (κ3) is 13.6. The first kappa shape index (κ1) is 45.4. The van der Waals surface area contributed by atoms with Gasteiger partial charge in [0.2, 0.25) is 11.8 Å². The Morgan fingerprint density at radius 1 is 1.07 bits per heavy atom. The number of aliphatic hydroxyl groups excluding tert-OH is 2. The Morgan fingerprint density at radius 3 is 2.39 bits per heavy atom. The number of hydrogen-bond acceptors (Lipinski definition) is 20. The third-order valence-electron chi connectivity index (χ3n) is 7.05. The Kier molecular flexibility index (Phi) is 15.8. The zero-order valence-corrected chi connectivity index (χ0v) is 31.6. The Bertz CT molecular complexity index is 1830. The molecule has 7 atom stereocenters. The van der Waals surface area contributed by atoms with E-state index in [1.807, 2.05) is 0 Å². The molecule has 1 saturated heterocycles. The van der Waals surface area contributed by atoms with Crippen molar-refractivity contribution in [2.75, 3.05) is 37.8 Å². The van der Waals surface area contributed by atoms with E-state index in [9.17, 15) is 67.8 Å². The van der Waals surface area contributed by atoms with Crippen molar-refractivity contribution in [2.45, 2.75) is 57.3 Å². The largest absolute Gasteiger partial charge is 0.550 e. The van der Waals surface area contributed by atoms with Crippen molar-refractivity contribution < 1.29 is 90.4 Å². The van der Waals surface area contributed by atoms with Crippen LogP contribution in [0.3, 0.4) is 0 Å². The molecule has 2 amide bonds. The number of aliphatic hydroxyl groups is 2. The molecular weight excluding hydrogens is 815 g/mol. The van der Waals surface area contributed by atoms with E-state index in [1.54, 1.807) is 0 Å². The zero-order valence-electron chi connectivity index (χ0n) is 28.1. The predicted octanol–water partition coefficient (Wildman–Crippen LogP) is -3.20. The molecule has 0 bridgehead atoms. The van der Waals surface area contributed by atoms with Gasteiger partial charge in [-0.05, 0) is 0 Å². The number of aromatic nitrogens is 4. The van der Waals surface area contributed by atoms with E-state index < -0.39 is 102 Å². The van der Waals surface area contributed by atoms with Crippen LogP contribution in [0.4, 0.5) is 5.82 Å². The van der Waals surface area contributed by atoms with E-state index in [-0.39, 0.29) is 42.2 Å². The van der Waals surface area contributed by atoms with Gasteiger partial charge in [0.15, 0.2) is 22.8 Å². The van der Waals surface area contributed by atoms with Crippen LogP contribution in [0, 0.1) is 5.41 Å². The number of hydrogen-bond donors (Lipinski definition) is 9. The van der Waals surface area contributed by atoms with E-state index in [0.717, 1.165) is 17.2 Å². The van der Waals surface area contributed by atoms with Gasteiger partial charge in [0.25, 0.3) is 0 Å². The summed E-state index contributed by atoms with van der Waals surface area (Å²) in [5, 5.41) is 35.7. The standard InChI is InChI=1S/C24H38N7O19P3S/c1-24(2,19(37)22(38)27-4-3-13(32)26-5-6-54-15(35)7-14(33)34)9-47-53(44,45)50-52(42,43)46-8-12-18(49-51(39,40)41)17(36)23(48-12)31-11-30-16-20(25)28-10-29-21(16)31/h10-12,17-19,23,36-37H,3-9H2,1-2H3,(H,26,32)(H,27,38)(H,33,34)(H,42,43)(H,44,45)(H2,25,28,29)(H2,39,40,41)/p-1. The second-order valence-electron chi connectivity index (χ2n) is 11.8. The van der Waals surface area contributed by atoms with Gasteiger partial charge in [-0.1, -0.05) is 25.6 Å². The van der Waals surface area contributed by atoms with Gasteiger partial charge in [-0.15, -0.1) is 0 Å². The quantitative estimate of drug-likeness (QED) is 0.0339. The maximum Gasteiger partial charge on any atom is 0.481 e. The van der Waals surface area contributed by atoms with Gasteiger partial charge in [0.1, 0.15) is 36.3 Å². The summed E-state index contributed by atoms with van der Waals surface area (Å²) in [6.45, 7) is 0.0894. The topological polar surface area (TPSA) is 404 Å². The first-order valence-corrected chi connectivity index (χ1v) is 20.7. The summed E-state index contributed by atoms with van der Waals surface area (Å²) in [4.78, 5) is 96.8. The number of rotatable bonds is 21. The average Bonchev–Trinajstić information content (AvgIpc) is 3.60. The highest BCUT2D eigenvalue weighted by atomic mass is 32.2. The highest BCUT2D eigenvalue weighted by molar-refractivity contribution is 8.13. The molecule has 1 aliphatic rings. The van der Waals surface area contributed by atoms with Crippen LogP contribution in [0.15, 0.2) is 12.7 Å². The predicted molar refractivity (Wildman–Crippen MR) is 177 cm³/mol. The summed E-state index contributed by atoms with van der Waals surface area (Å²) in [7, 11) is -16.4. The number of carbonyl (C=O) groups excluding carboxylic acids is 4. The molecule has 0 radical (unpaired) electrons. The zero-order chi connectivity index (χ0) is 40.6. The maximum absolute atomic E-state index is 12.6. The van der Waals surface area contributed by atoms with Crippen LogP contribution in [-0.2, 0) is 55.5 Å². The summed E-state index contributed by atoms with van der Waals surface area (Å²) in [6, 6.07) is 0. The number of fused-ring (bicyclic) bond motifs is 1. The lowest BCUT2D eigenvalue weighted by Gasteiger charge is -2.30. The van der Waals surface area contributed by atoms with Crippen molar-refractivity contribution in [3.8, 4) is 0 Å². The molecule has 26 nitrogen and oxygen atoms in total. The number of thioether (sulfide) groups is 1. The van der Waals surface area contributed by atoms with Crippen molar-refractivity contribution in [1.29, 1.82) is 0 Å². The second-order valence-corrected chi connectivity index (χ2v) is 17.2. The number of nitrogens with one attached hydrogen (secondary N) is 2. The van der Waals surface area contributed by atoms with Crippen molar-refractivity contribution in [3.05, 3.63) is 12.7 Å². The normalized spacial score (nSPS) is 21.9. The lowest BCUT2D eigenvalue weighted by atomic mass is 9.87. The summed E-state index contributed by atoms with van der Waals surface area (Å²) in [5.41, 5.74) is 4.18. The molecule has 7 unspecified atom stereocenters. The van der Waals surface area contributed by atoms with E-state index >= 15 is 0 Å². The summed E-state index contributed by atoms with van der Waals surface area (Å²) >= 11 is 0.678. The number of amides is 2. The molecule has 10 N–H and O–H groups in total. The smallest absolute Gasteiger partial charge is 0.481 e. The molecule has 0 spiro atoms. The number of aliphatic carboxylic acids is 1. The van der Waals surface area contributed by atoms with Crippen molar-refractivity contribution in [1.82, 2.24) is 30.2 Å². The van der Waals surface area contributed by atoms with Crippen LogP contribution in [-0.4, -0.2) is 129 Å². The number of ether oxygens (including phenoxy) is 1. The summed E-state index contributed by atoms with van der Waals surface area (Å²) in [6.07, 6.45) is -7.92. The molecule has 1 fully saturated rings. The van der Waals surface area contributed by atoms with Crippen LogP contribution < -0.4 is 21.5 Å². The lowest BCUT2D eigenvalue weighted by Crippen LogP contribution is -2.46. The molecule has 304 valence electrons. The minimum absolute atomic E-state index is 0.0121. The van der Waals surface area contributed by atoms with Crippen molar-refractivity contribution in [3.63, 3.8) is 0 Å². The average molecular weight is 853 g/mol. The summed E-state index contributed by atoms with van der Waals surface area (Å²) < 4.78 is 61.8. The molecule has 0 saturated carbocycles. The van der Waals surface area contributed by atoms with Gasteiger partial charge >= 0.3 is 23.5 Å². The number of anilines is 1. The monoisotopic (exact) mass is 852 g/mol. The Labute approximate surface area is 308 Å². The van der Waals surface area contributed by atoms with Crippen molar-refractivity contribution >= 4 is 75.1 Å². The molecular formula is C24H37N7O19P3S-. The van der Waals surface area contributed by atoms with Crippen molar-refractivity contribution in [2.24, 2.45) is 5.41 Å². The van der Waals surface area contributed by atoms with Gasteiger partial charge in [0.05, 0.1) is 26.0 Å². The van der Waals surface area contributed by atoms with Crippen LogP contribution in [0.5, 0.6) is 0 Å². The van der Waals surface area contributed by atoms with Crippen LogP contribution in [0.2, 0.25) is 0 Å². The van der Waals surface area contributed by atoms with E-state index in [0.29, 0.717) is 11.8 Å². The number of phosphoric ester groups is 3. The molecule has 0 aliphatic carbocycles. The van der Waals surface area contributed by atoms with Gasteiger partial charge in [-0.2, -0.15) is 4.31 Å². The number of carboxylic acid groups (broad SMARTS) is 1. The highest BCUT2D eigenvalue weighted by Crippen LogP contribution is 2.61. The first-order valence-electron chi connectivity index (χ1n) is 15.2. The van der Waals surface area contributed by atoms with Gasteiger partial charge < -0.3 is 60.8 Å². The Morgan fingerprint density at radius 2 is 1.74 bits per heavy atom. The molecule has 3 rings (SSSR count). The number of imidazole rings is 1. The molecule has 1 aliphatic heterocycles. The Hall–Kier alpha value is -2.97. The molecule has 3 heterocycles. The van der Waals surface area contributed by atoms with E-state index in [4.69, 9.17) is 19.5 Å². The third-order valence-corrected chi connectivity index (χ3v) is 11.0. The first-order chi connectivity index (χ1) is 24.9. The fourth-order valence-electron chi connectivity index (χ4n) is 4.46. The number of carboxylic acids is 1. The highest BCUT2D eigenvalue weighted by Gasteiger charge is 2.50. The van der Waals surface area contributed by atoms with Crippen LogP contribution >= 0.6 is 35.2 Å². The Balaban J connectivity index is 1.51. The fraction of sp³-hybridized carbons (Fsp3) is 0.625. The fourth-order valence-corrected chi connectivity index (χ4v) is 7.94. The number of carbonyl (C=O) groups is 4. The SMILES string of the molecule is CC(C)(COP(=O)(O)OP(=O)(O)OCC1OC(n2cnc3c(N)ncnc32)C(O)C1OP(=O)(O)O)C(O)C(=O)NCCC(=O)NCCSC(=O)CC(=O)[O-]. The molecule has 2 aromatic rings. The second kappa shape index (κ2) is 18.8. The number of nitrogen functional groups attached to an aromatic ring is 1. The van der Waals surface area contributed by atoms with E-state index in [2.05, 4.69) is 34.4 Å². The minimum atomic E-state index is -5.59. The minimum Gasteiger partial charge on any atom is -0.550 e. The molecule has 30 heteroatoms. The van der Waals surface area contributed by atoms with Gasteiger partial charge in [0, 0.05) is 36.6 Å². The van der Waals surface area contributed by atoms with Crippen LogP contribution in [0.25, 0.3) is 11.2 Å². The number of nitrogens with zero attached hydrogens (tertiary/aromatic N) is 4.